The SMILES string of the molecule is [O-2].[O-2].[Sn+4].[V]. The van der Waals surface area contributed by atoms with E-state index < -0.39 is 0 Å². The molecule has 0 aliphatic heterocycles. The van der Waals surface area contributed by atoms with Gasteiger partial charge in [-0.05, 0) is 0 Å². The molecule has 0 aliphatic rings. The molecule has 0 fully saturated rings. The molecule has 0 aromatic carbocycles. The summed E-state index contributed by atoms with van der Waals surface area (Å²) >= 11 is 0. The van der Waals surface area contributed by atoms with Gasteiger partial charge in [-0.15, -0.1) is 0 Å². The monoisotopic (exact) mass is 203 g/mol. The molecule has 0 unspecified atom stereocenters. The summed E-state index contributed by atoms with van der Waals surface area (Å²) in [6.45, 7) is 0. The van der Waals surface area contributed by atoms with Crippen molar-refractivity contribution in [2.75, 3.05) is 0 Å². The van der Waals surface area contributed by atoms with Crippen LogP contribution in [0.5, 0.6) is 0 Å². The molecule has 2 nitrogen and oxygen atoms in total. The zero-order valence-electron chi connectivity index (χ0n) is 1.76. The van der Waals surface area contributed by atoms with E-state index in [4.69, 9.17) is 0 Å². The van der Waals surface area contributed by atoms with Gasteiger partial charge in [-0.2, -0.15) is 0 Å². The second-order valence-corrected chi connectivity index (χ2v) is 0. The van der Waals surface area contributed by atoms with Crippen LogP contribution in [-0.4, -0.2) is 23.9 Å². The fourth-order valence-electron chi connectivity index (χ4n) is 0. The maximum absolute atomic E-state index is 0. The average Bonchev–Trinajstić information content (AvgIpc) is 0. The summed E-state index contributed by atoms with van der Waals surface area (Å²) in [5, 5.41) is 0. The summed E-state index contributed by atoms with van der Waals surface area (Å²) in [5.74, 6) is 0. The van der Waals surface area contributed by atoms with E-state index in [0.29, 0.717) is 0 Å². The number of rotatable bonds is 0. The van der Waals surface area contributed by atoms with Crippen LogP contribution in [0.4, 0.5) is 0 Å². The third-order valence-corrected chi connectivity index (χ3v) is 0. The van der Waals surface area contributed by atoms with Crippen LogP contribution in [0.15, 0.2) is 0 Å². The van der Waals surface area contributed by atoms with Crippen LogP contribution in [0.25, 0.3) is 0 Å². The second-order valence-electron chi connectivity index (χ2n) is 0. The summed E-state index contributed by atoms with van der Waals surface area (Å²) in [5.41, 5.74) is 0. The van der Waals surface area contributed by atoms with E-state index in [-0.39, 0.29) is 53.4 Å². The van der Waals surface area contributed by atoms with E-state index in [9.17, 15) is 0 Å². The molecule has 0 aliphatic carbocycles. The van der Waals surface area contributed by atoms with E-state index in [1.54, 1.807) is 0 Å². The molecular weight excluding hydrogens is 202 g/mol. The molecule has 0 saturated heterocycles. The number of hydrogen-bond donors (Lipinski definition) is 0. The summed E-state index contributed by atoms with van der Waals surface area (Å²) in [6.07, 6.45) is 0. The Bertz CT molecular complexity index is 6.00. The molecule has 0 heterocycles. The molecule has 0 aromatic rings. The maximum Gasteiger partial charge on any atom is 4.00 e. The van der Waals surface area contributed by atoms with Crippen molar-refractivity contribution in [2.45, 2.75) is 0 Å². The van der Waals surface area contributed by atoms with Gasteiger partial charge in [0.25, 0.3) is 0 Å². The topological polar surface area (TPSA) is 57.0 Å². The molecular formula is O2SnV. The van der Waals surface area contributed by atoms with Crippen molar-refractivity contribution in [2.24, 2.45) is 0 Å². The first-order valence-corrected chi connectivity index (χ1v) is 0. The minimum absolute atomic E-state index is 0. The van der Waals surface area contributed by atoms with Gasteiger partial charge in [0, 0.05) is 18.6 Å². The van der Waals surface area contributed by atoms with Crippen LogP contribution in [0.1, 0.15) is 0 Å². The molecule has 0 aromatic heterocycles. The van der Waals surface area contributed by atoms with Crippen molar-refractivity contribution in [3.63, 3.8) is 0 Å². The molecule has 4 heavy (non-hydrogen) atoms. The first-order valence-electron chi connectivity index (χ1n) is 0. The molecule has 0 bridgehead atoms. The fourth-order valence-corrected chi connectivity index (χ4v) is 0. The zero-order chi connectivity index (χ0) is 0. The van der Waals surface area contributed by atoms with Gasteiger partial charge in [-0.25, -0.2) is 0 Å². The second kappa shape index (κ2) is 27.6. The molecule has 0 spiro atoms. The molecule has 0 N–H and O–H groups in total. The van der Waals surface area contributed by atoms with Gasteiger partial charge in [0.15, 0.2) is 0 Å². The van der Waals surface area contributed by atoms with Gasteiger partial charge in [0.05, 0.1) is 0 Å². The zero-order valence-corrected chi connectivity index (χ0v) is 6.01. The average molecular weight is 202 g/mol. The third kappa shape index (κ3) is 10.3. The Labute approximate surface area is 53.4 Å². The van der Waals surface area contributed by atoms with Crippen LogP contribution in [0.3, 0.4) is 0 Å². The van der Waals surface area contributed by atoms with Gasteiger partial charge >= 0.3 is 23.9 Å². The van der Waals surface area contributed by atoms with E-state index in [0.717, 1.165) is 0 Å². The van der Waals surface area contributed by atoms with Crippen molar-refractivity contribution < 1.29 is 29.5 Å². The van der Waals surface area contributed by atoms with Gasteiger partial charge in [0.2, 0.25) is 0 Å². The predicted octanol–water partition coefficient (Wildman–Crippen LogP) is -0.621. The van der Waals surface area contributed by atoms with E-state index in [2.05, 4.69) is 0 Å². The molecule has 1 radical (unpaired) electrons. The van der Waals surface area contributed by atoms with Crippen LogP contribution in [-0.2, 0) is 29.5 Å². The molecule has 0 rings (SSSR count). The Hall–Kier alpha value is 1.30. The first kappa shape index (κ1) is 57.8. The Morgan fingerprint density at radius 2 is 0.750 bits per heavy atom. The Kier molecular flexibility index (Phi) is 400. The normalized spacial score (nSPS) is 0. The van der Waals surface area contributed by atoms with Crippen LogP contribution in [0, 0.1) is 0 Å². The van der Waals surface area contributed by atoms with Crippen molar-refractivity contribution in [1.29, 1.82) is 0 Å². The summed E-state index contributed by atoms with van der Waals surface area (Å²) < 4.78 is 0. The standard InChI is InChI=1S/2O.Sn.V/q2*-2;+4;. The Balaban J connectivity index is 0. The summed E-state index contributed by atoms with van der Waals surface area (Å²) in [7, 11) is 0. The van der Waals surface area contributed by atoms with Crippen LogP contribution in [0.2, 0.25) is 0 Å². The van der Waals surface area contributed by atoms with Crippen molar-refractivity contribution >= 4 is 23.9 Å². The van der Waals surface area contributed by atoms with Crippen molar-refractivity contribution in [3.8, 4) is 0 Å². The van der Waals surface area contributed by atoms with Gasteiger partial charge in [-0.1, -0.05) is 0 Å². The third-order valence-electron chi connectivity index (χ3n) is 0. The maximum atomic E-state index is 0. The van der Waals surface area contributed by atoms with Gasteiger partial charge < -0.3 is 11.0 Å². The Morgan fingerprint density at radius 3 is 0.750 bits per heavy atom. The number of hydrogen-bond acceptors (Lipinski definition) is 0. The fraction of sp³-hybridized carbons (Fsp3) is 0. The molecule has 0 saturated carbocycles. The summed E-state index contributed by atoms with van der Waals surface area (Å²) in [6, 6.07) is 0. The smallest absolute Gasteiger partial charge is 2.00 e. The van der Waals surface area contributed by atoms with Crippen molar-refractivity contribution in [3.05, 3.63) is 0 Å². The van der Waals surface area contributed by atoms with Gasteiger partial charge in [-0.3, -0.25) is 0 Å². The van der Waals surface area contributed by atoms with E-state index in [1.807, 2.05) is 0 Å². The molecule has 21 valence electrons. The van der Waals surface area contributed by atoms with Crippen LogP contribution >= 0.6 is 0 Å². The predicted molar refractivity (Wildman–Crippen MR) is 7.13 cm³/mol. The van der Waals surface area contributed by atoms with E-state index >= 15 is 0 Å². The van der Waals surface area contributed by atoms with E-state index in [1.165, 1.54) is 0 Å². The minimum atomic E-state index is 0. The van der Waals surface area contributed by atoms with Gasteiger partial charge in [0.1, 0.15) is 0 Å². The Morgan fingerprint density at radius 1 is 0.750 bits per heavy atom. The summed E-state index contributed by atoms with van der Waals surface area (Å²) in [4.78, 5) is 0. The quantitative estimate of drug-likeness (QED) is 0.469. The first-order chi connectivity index (χ1) is 0. The molecule has 0 atom stereocenters. The molecule has 0 amide bonds. The molecule has 4 heteroatoms. The largest absolute Gasteiger partial charge is 4.00 e. The van der Waals surface area contributed by atoms with Crippen LogP contribution < -0.4 is 0 Å². The minimum Gasteiger partial charge on any atom is -2.00 e. The van der Waals surface area contributed by atoms with Crippen molar-refractivity contribution in [1.82, 2.24) is 0 Å².